The molecule has 0 aliphatic carbocycles. The molecule has 1 aromatic rings. The number of hydrogen-bond donors (Lipinski definition) is 1. The van der Waals surface area contributed by atoms with Gasteiger partial charge in [-0.3, -0.25) is 4.90 Å². The van der Waals surface area contributed by atoms with Crippen molar-refractivity contribution in [3.63, 3.8) is 0 Å². The number of rotatable bonds is 5. The van der Waals surface area contributed by atoms with Crippen LogP contribution < -0.4 is 4.74 Å². The highest BCUT2D eigenvalue weighted by molar-refractivity contribution is 5.22. The highest BCUT2D eigenvalue weighted by Crippen LogP contribution is 2.13. The fraction of sp³-hybridized carbons (Fsp3) is 0.600. The van der Waals surface area contributed by atoms with E-state index in [1.165, 1.54) is 12.1 Å². The molecule has 1 fully saturated rings. The first-order chi connectivity index (χ1) is 9.52. The van der Waals surface area contributed by atoms with Crippen molar-refractivity contribution < 1.29 is 19.0 Å². The maximum atomic E-state index is 12.7. The van der Waals surface area contributed by atoms with Gasteiger partial charge < -0.3 is 14.6 Å². The summed E-state index contributed by atoms with van der Waals surface area (Å²) in [6.07, 6.45) is -0.203. The van der Waals surface area contributed by atoms with Crippen molar-refractivity contribution in [1.82, 2.24) is 4.90 Å². The Labute approximate surface area is 119 Å². The summed E-state index contributed by atoms with van der Waals surface area (Å²) in [5.74, 6) is 0.267. The van der Waals surface area contributed by atoms with Crippen LogP contribution in [0.5, 0.6) is 5.75 Å². The minimum atomic E-state index is -0.572. The smallest absolute Gasteiger partial charge is 0.123 e. The Kier molecular flexibility index (Phi) is 5.34. The molecule has 0 unspecified atom stereocenters. The van der Waals surface area contributed by atoms with E-state index < -0.39 is 6.10 Å². The summed E-state index contributed by atoms with van der Waals surface area (Å²) in [6.45, 7) is 6.45. The standard InChI is InChI=1S/C15H22FNO3/c1-11-7-17(8-12(2)20-11)9-14(18)10-19-15-5-3-13(16)4-6-15/h3-6,11-12,14,18H,7-10H2,1-2H3/t11-,12-,14+/m1/s1. The third-order valence-corrected chi connectivity index (χ3v) is 3.22. The number of halogens is 1. The molecule has 1 aliphatic heterocycles. The molecule has 1 saturated heterocycles. The molecule has 5 heteroatoms. The summed E-state index contributed by atoms with van der Waals surface area (Å²) in [7, 11) is 0. The van der Waals surface area contributed by atoms with E-state index in [2.05, 4.69) is 4.90 Å². The maximum Gasteiger partial charge on any atom is 0.123 e. The Bertz CT molecular complexity index is 402. The number of morpholine rings is 1. The van der Waals surface area contributed by atoms with Gasteiger partial charge in [0.1, 0.15) is 24.3 Å². The molecule has 3 atom stereocenters. The van der Waals surface area contributed by atoms with Gasteiger partial charge in [-0.25, -0.2) is 4.39 Å². The molecule has 1 aliphatic rings. The monoisotopic (exact) mass is 283 g/mol. The van der Waals surface area contributed by atoms with Crippen molar-refractivity contribution in [2.75, 3.05) is 26.2 Å². The van der Waals surface area contributed by atoms with Crippen molar-refractivity contribution in [3.8, 4) is 5.75 Å². The van der Waals surface area contributed by atoms with Gasteiger partial charge >= 0.3 is 0 Å². The normalized spacial score (nSPS) is 25.4. The lowest BCUT2D eigenvalue weighted by Crippen LogP contribution is -2.48. The van der Waals surface area contributed by atoms with Crippen LogP contribution in [0.2, 0.25) is 0 Å². The zero-order chi connectivity index (χ0) is 14.5. The van der Waals surface area contributed by atoms with Gasteiger partial charge in [0.15, 0.2) is 0 Å². The first-order valence-electron chi connectivity index (χ1n) is 6.97. The lowest BCUT2D eigenvalue weighted by Gasteiger charge is -2.36. The van der Waals surface area contributed by atoms with E-state index in [1.807, 2.05) is 13.8 Å². The summed E-state index contributed by atoms with van der Waals surface area (Å²) in [5, 5.41) is 10.0. The van der Waals surface area contributed by atoms with Gasteiger partial charge in [0, 0.05) is 19.6 Å². The predicted molar refractivity (Wildman–Crippen MR) is 74.4 cm³/mol. The zero-order valence-electron chi connectivity index (χ0n) is 12.0. The molecular formula is C15H22FNO3. The second-order valence-corrected chi connectivity index (χ2v) is 5.39. The molecule has 2 rings (SSSR count). The van der Waals surface area contributed by atoms with E-state index in [0.717, 1.165) is 13.1 Å². The molecular weight excluding hydrogens is 261 g/mol. The van der Waals surface area contributed by atoms with Gasteiger partial charge in [-0.15, -0.1) is 0 Å². The summed E-state index contributed by atoms with van der Waals surface area (Å²) in [5.41, 5.74) is 0. The molecule has 0 radical (unpaired) electrons. The Morgan fingerprint density at radius 3 is 2.50 bits per heavy atom. The van der Waals surface area contributed by atoms with E-state index in [0.29, 0.717) is 12.3 Å². The fourth-order valence-electron chi connectivity index (χ4n) is 2.51. The third kappa shape index (κ3) is 4.74. The molecule has 0 aromatic heterocycles. The summed E-state index contributed by atoms with van der Waals surface area (Å²) >= 11 is 0. The van der Waals surface area contributed by atoms with Gasteiger partial charge in [0.2, 0.25) is 0 Å². The van der Waals surface area contributed by atoms with Crippen LogP contribution in [-0.4, -0.2) is 54.6 Å². The quantitative estimate of drug-likeness (QED) is 0.892. The summed E-state index contributed by atoms with van der Waals surface area (Å²) in [6, 6.07) is 5.79. The van der Waals surface area contributed by atoms with Crippen molar-refractivity contribution >= 4 is 0 Å². The Morgan fingerprint density at radius 2 is 1.90 bits per heavy atom. The molecule has 112 valence electrons. The van der Waals surface area contributed by atoms with E-state index in [-0.39, 0.29) is 24.6 Å². The zero-order valence-corrected chi connectivity index (χ0v) is 12.0. The van der Waals surface area contributed by atoms with Crippen molar-refractivity contribution in [2.24, 2.45) is 0 Å². The van der Waals surface area contributed by atoms with E-state index in [1.54, 1.807) is 12.1 Å². The molecule has 0 amide bonds. The van der Waals surface area contributed by atoms with Gasteiger partial charge in [-0.2, -0.15) is 0 Å². The fourth-order valence-corrected chi connectivity index (χ4v) is 2.51. The number of nitrogens with zero attached hydrogens (tertiary/aromatic N) is 1. The number of aliphatic hydroxyl groups excluding tert-OH is 1. The predicted octanol–water partition coefficient (Wildman–Crippen LogP) is 1.67. The summed E-state index contributed by atoms with van der Waals surface area (Å²) < 4.78 is 23.8. The van der Waals surface area contributed by atoms with E-state index >= 15 is 0 Å². The number of benzene rings is 1. The lowest BCUT2D eigenvalue weighted by molar-refractivity contribution is -0.0786. The average molecular weight is 283 g/mol. The molecule has 1 aromatic carbocycles. The van der Waals surface area contributed by atoms with Crippen LogP contribution in [0.3, 0.4) is 0 Å². The van der Waals surface area contributed by atoms with Crippen LogP contribution in [0.15, 0.2) is 24.3 Å². The van der Waals surface area contributed by atoms with Crippen LogP contribution in [0.4, 0.5) is 4.39 Å². The minimum Gasteiger partial charge on any atom is -0.491 e. The van der Waals surface area contributed by atoms with Crippen molar-refractivity contribution in [3.05, 3.63) is 30.1 Å². The number of aliphatic hydroxyl groups is 1. The Morgan fingerprint density at radius 1 is 1.30 bits per heavy atom. The van der Waals surface area contributed by atoms with E-state index in [9.17, 15) is 9.50 Å². The van der Waals surface area contributed by atoms with Gasteiger partial charge in [-0.05, 0) is 38.1 Å². The number of β-amino-alcohol motifs (C(OH)–C–C–N with tert-alkyl or cyclic N) is 1. The number of ether oxygens (including phenoxy) is 2. The molecule has 1 heterocycles. The topological polar surface area (TPSA) is 41.9 Å². The highest BCUT2D eigenvalue weighted by Gasteiger charge is 2.23. The first kappa shape index (κ1) is 15.2. The van der Waals surface area contributed by atoms with Gasteiger partial charge in [-0.1, -0.05) is 0 Å². The maximum absolute atomic E-state index is 12.7. The molecule has 1 N–H and O–H groups in total. The van der Waals surface area contributed by atoms with E-state index in [4.69, 9.17) is 9.47 Å². The largest absolute Gasteiger partial charge is 0.491 e. The van der Waals surface area contributed by atoms with Crippen LogP contribution in [0.25, 0.3) is 0 Å². The highest BCUT2D eigenvalue weighted by atomic mass is 19.1. The van der Waals surface area contributed by atoms with Crippen LogP contribution in [0, 0.1) is 5.82 Å². The average Bonchev–Trinajstić information content (AvgIpc) is 2.37. The molecule has 0 spiro atoms. The molecule has 0 saturated carbocycles. The SMILES string of the molecule is C[C@@H]1CN(C[C@H](O)COc2ccc(F)cc2)C[C@@H](C)O1. The molecule has 4 nitrogen and oxygen atoms in total. The Balaban J connectivity index is 1.74. The van der Waals surface area contributed by atoms with Crippen molar-refractivity contribution in [2.45, 2.75) is 32.2 Å². The Hall–Kier alpha value is -1.17. The van der Waals surface area contributed by atoms with Gasteiger partial charge in [0.05, 0.1) is 12.2 Å². The van der Waals surface area contributed by atoms with Gasteiger partial charge in [0.25, 0.3) is 0 Å². The second-order valence-electron chi connectivity index (χ2n) is 5.39. The van der Waals surface area contributed by atoms with Crippen molar-refractivity contribution in [1.29, 1.82) is 0 Å². The van der Waals surface area contributed by atoms with Crippen LogP contribution >= 0.6 is 0 Å². The molecule has 20 heavy (non-hydrogen) atoms. The van der Waals surface area contributed by atoms with Crippen LogP contribution in [0.1, 0.15) is 13.8 Å². The minimum absolute atomic E-state index is 0.184. The first-order valence-corrected chi connectivity index (χ1v) is 6.97. The number of hydrogen-bond acceptors (Lipinski definition) is 4. The lowest BCUT2D eigenvalue weighted by atomic mass is 10.2. The summed E-state index contributed by atoms with van der Waals surface area (Å²) in [4.78, 5) is 2.18. The second kappa shape index (κ2) is 7.02. The molecule has 0 bridgehead atoms. The van der Waals surface area contributed by atoms with Crippen LogP contribution in [-0.2, 0) is 4.74 Å². The third-order valence-electron chi connectivity index (χ3n) is 3.22.